The Morgan fingerprint density at radius 1 is 1.29 bits per heavy atom. The SMILES string of the molecule is Cc1ccc(OCCNC(=O)CCC2CCNCC2)cc1. The fraction of sp³-hybridized carbons (Fsp3) is 0.588. The number of hydrogen-bond acceptors (Lipinski definition) is 3. The van der Waals surface area contributed by atoms with Crippen molar-refractivity contribution in [1.82, 2.24) is 10.6 Å². The molecule has 1 aliphatic heterocycles. The van der Waals surface area contributed by atoms with E-state index >= 15 is 0 Å². The van der Waals surface area contributed by atoms with Crippen LogP contribution >= 0.6 is 0 Å². The normalized spacial score (nSPS) is 15.7. The molecule has 0 unspecified atom stereocenters. The predicted molar refractivity (Wildman–Crippen MR) is 84.5 cm³/mol. The van der Waals surface area contributed by atoms with Gasteiger partial charge in [0.05, 0.1) is 6.54 Å². The van der Waals surface area contributed by atoms with Gasteiger partial charge in [0.15, 0.2) is 0 Å². The molecule has 1 saturated heterocycles. The van der Waals surface area contributed by atoms with E-state index in [1.165, 1.54) is 18.4 Å². The number of carbonyl (C=O) groups is 1. The first kappa shape index (κ1) is 15.8. The second-order valence-corrected chi connectivity index (χ2v) is 5.74. The number of hydrogen-bond donors (Lipinski definition) is 2. The number of ether oxygens (including phenoxy) is 1. The molecular weight excluding hydrogens is 264 g/mol. The maximum atomic E-state index is 11.8. The van der Waals surface area contributed by atoms with Gasteiger partial charge in [0.1, 0.15) is 12.4 Å². The van der Waals surface area contributed by atoms with E-state index in [1.54, 1.807) is 0 Å². The molecule has 0 radical (unpaired) electrons. The molecule has 4 nitrogen and oxygen atoms in total. The van der Waals surface area contributed by atoms with Crippen LogP contribution < -0.4 is 15.4 Å². The van der Waals surface area contributed by atoms with Gasteiger partial charge in [0, 0.05) is 6.42 Å². The number of carbonyl (C=O) groups excluding carboxylic acids is 1. The first-order chi connectivity index (χ1) is 10.2. The van der Waals surface area contributed by atoms with Gasteiger partial charge in [-0.3, -0.25) is 4.79 Å². The van der Waals surface area contributed by atoms with Crippen LogP contribution in [0.2, 0.25) is 0 Å². The van der Waals surface area contributed by atoms with Crippen molar-refractivity contribution in [3.63, 3.8) is 0 Å². The lowest BCUT2D eigenvalue weighted by Crippen LogP contribution is -2.30. The van der Waals surface area contributed by atoms with Crippen molar-refractivity contribution in [3.8, 4) is 5.75 Å². The first-order valence-corrected chi connectivity index (χ1v) is 7.91. The Morgan fingerprint density at radius 2 is 2.00 bits per heavy atom. The zero-order valence-electron chi connectivity index (χ0n) is 12.9. The molecule has 1 fully saturated rings. The molecule has 4 heteroatoms. The first-order valence-electron chi connectivity index (χ1n) is 7.91. The summed E-state index contributed by atoms with van der Waals surface area (Å²) in [5, 5.41) is 6.27. The quantitative estimate of drug-likeness (QED) is 0.757. The van der Waals surface area contributed by atoms with Gasteiger partial charge < -0.3 is 15.4 Å². The number of piperidine rings is 1. The third-order valence-electron chi connectivity index (χ3n) is 3.95. The Morgan fingerprint density at radius 3 is 2.71 bits per heavy atom. The van der Waals surface area contributed by atoms with Gasteiger partial charge >= 0.3 is 0 Å². The summed E-state index contributed by atoms with van der Waals surface area (Å²) in [6.45, 7) is 5.32. The van der Waals surface area contributed by atoms with Crippen molar-refractivity contribution in [2.75, 3.05) is 26.2 Å². The smallest absolute Gasteiger partial charge is 0.220 e. The summed E-state index contributed by atoms with van der Waals surface area (Å²) in [5.41, 5.74) is 1.22. The van der Waals surface area contributed by atoms with E-state index in [1.807, 2.05) is 31.2 Å². The van der Waals surface area contributed by atoms with E-state index in [9.17, 15) is 4.79 Å². The zero-order chi connectivity index (χ0) is 14.9. The van der Waals surface area contributed by atoms with Crippen LogP contribution in [0.3, 0.4) is 0 Å². The number of benzene rings is 1. The Labute approximate surface area is 127 Å². The van der Waals surface area contributed by atoms with Crippen LogP contribution in [0.1, 0.15) is 31.2 Å². The minimum absolute atomic E-state index is 0.140. The van der Waals surface area contributed by atoms with Crippen molar-refractivity contribution in [1.29, 1.82) is 0 Å². The van der Waals surface area contributed by atoms with E-state index in [2.05, 4.69) is 10.6 Å². The molecule has 2 N–H and O–H groups in total. The third-order valence-corrected chi connectivity index (χ3v) is 3.95. The summed E-state index contributed by atoms with van der Waals surface area (Å²) in [6.07, 6.45) is 4.04. The summed E-state index contributed by atoms with van der Waals surface area (Å²) >= 11 is 0. The number of amides is 1. The molecule has 0 aromatic heterocycles. The highest BCUT2D eigenvalue weighted by molar-refractivity contribution is 5.75. The summed E-state index contributed by atoms with van der Waals surface area (Å²) < 4.78 is 5.58. The minimum atomic E-state index is 0.140. The average molecular weight is 290 g/mol. The Hall–Kier alpha value is -1.55. The van der Waals surface area contributed by atoms with Gasteiger partial charge in [-0.25, -0.2) is 0 Å². The van der Waals surface area contributed by atoms with Crippen LogP contribution in [0.5, 0.6) is 5.75 Å². The fourth-order valence-corrected chi connectivity index (χ4v) is 2.59. The van der Waals surface area contributed by atoms with E-state index < -0.39 is 0 Å². The van der Waals surface area contributed by atoms with E-state index in [0.29, 0.717) is 25.5 Å². The molecule has 1 amide bonds. The molecule has 1 aliphatic rings. The summed E-state index contributed by atoms with van der Waals surface area (Å²) in [6, 6.07) is 7.95. The molecule has 0 atom stereocenters. The van der Waals surface area contributed by atoms with Crippen LogP contribution in [0.4, 0.5) is 0 Å². The monoisotopic (exact) mass is 290 g/mol. The topological polar surface area (TPSA) is 50.4 Å². The molecule has 21 heavy (non-hydrogen) atoms. The fourth-order valence-electron chi connectivity index (χ4n) is 2.59. The highest BCUT2D eigenvalue weighted by Gasteiger charge is 2.14. The zero-order valence-corrected chi connectivity index (χ0v) is 12.9. The average Bonchev–Trinajstić information content (AvgIpc) is 2.52. The second-order valence-electron chi connectivity index (χ2n) is 5.74. The van der Waals surface area contributed by atoms with Gasteiger partial charge in [0.25, 0.3) is 0 Å². The second kappa shape index (κ2) is 8.67. The molecule has 1 heterocycles. The Kier molecular flexibility index (Phi) is 6.54. The molecule has 0 spiro atoms. The van der Waals surface area contributed by atoms with Crippen molar-refractivity contribution in [3.05, 3.63) is 29.8 Å². The molecule has 1 aromatic rings. The van der Waals surface area contributed by atoms with Crippen LogP contribution in [-0.4, -0.2) is 32.1 Å². The molecule has 0 bridgehead atoms. The van der Waals surface area contributed by atoms with Crippen molar-refractivity contribution < 1.29 is 9.53 Å². The summed E-state index contributed by atoms with van der Waals surface area (Å²) in [5.74, 6) is 1.70. The van der Waals surface area contributed by atoms with Crippen LogP contribution in [-0.2, 0) is 4.79 Å². The standard InChI is InChI=1S/C17H26N2O2/c1-14-2-5-16(6-3-14)21-13-12-19-17(20)7-4-15-8-10-18-11-9-15/h2-3,5-6,15,18H,4,7-13H2,1H3,(H,19,20). The van der Waals surface area contributed by atoms with E-state index in [4.69, 9.17) is 4.74 Å². The molecule has 1 aromatic carbocycles. The van der Waals surface area contributed by atoms with Crippen molar-refractivity contribution in [2.45, 2.75) is 32.6 Å². The lowest BCUT2D eigenvalue weighted by Gasteiger charge is -2.22. The van der Waals surface area contributed by atoms with Gasteiger partial charge in [-0.1, -0.05) is 17.7 Å². The van der Waals surface area contributed by atoms with Crippen LogP contribution in [0.15, 0.2) is 24.3 Å². The van der Waals surface area contributed by atoms with E-state index in [-0.39, 0.29) is 5.91 Å². The highest BCUT2D eigenvalue weighted by atomic mass is 16.5. The number of nitrogens with one attached hydrogen (secondary N) is 2. The van der Waals surface area contributed by atoms with Gasteiger partial charge in [-0.05, 0) is 57.3 Å². The maximum Gasteiger partial charge on any atom is 0.220 e. The Balaban J connectivity index is 1.53. The minimum Gasteiger partial charge on any atom is -0.492 e. The molecule has 0 aliphatic carbocycles. The van der Waals surface area contributed by atoms with Gasteiger partial charge in [-0.2, -0.15) is 0 Å². The summed E-state index contributed by atoms with van der Waals surface area (Å²) in [7, 11) is 0. The molecule has 116 valence electrons. The lowest BCUT2D eigenvalue weighted by atomic mass is 9.93. The largest absolute Gasteiger partial charge is 0.492 e. The van der Waals surface area contributed by atoms with Crippen LogP contribution in [0.25, 0.3) is 0 Å². The van der Waals surface area contributed by atoms with Gasteiger partial charge in [0.2, 0.25) is 5.91 Å². The highest BCUT2D eigenvalue weighted by Crippen LogP contribution is 2.17. The van der Waals surface area contributed by atoms with Gasteiger partial charge in [-0.15, -0.1) is 0 Å². The van der Waals surface area contributed by atoms with Crippen molar-refractivity contribution >= 4 is 5.91 Å². The molecule has 2 rings (SSSR count). The molecule has 0 saturated carbocycles. The summed E-state index contributed by atoms with van der Waals surface area (Å²) in [4.78, 5) is 11.8. The van der Waals surface area contributed by atoms with Crippen molar-refractivity contribution in [2.24, 2.45) is 5.92 Å². The maximum absolute atomic E-state index is 11.8. The lowest BCUT2D eigenvalue weighted by molar-refractivity contribution is -0.121. The van der Waals surface area contributed by atoms with E-state index in [0.717, 1.165) is 25.3 Å². The number of aryl methyl sites for hydroxylation is 1. The predicted octanol–water partition coefficient (Wildman–Crippen LogP) is 2.27. The third kappa shape index (κ3) is 6.17. The molecular formula is C17H26N2O2. The Bertz CT molecular complexity index is 425. The van der Waals surface area contributed by atoms with Crippen LogP contribution in [0, 0.1) is 12.8 Å². The number of rotatable bonds is 7.